The van der Waals surface area contributed by atoms with E-state index in [1.165, 1.54) is 19.3 Å². The molecule has 3 aliphatic carbocycles. The van der Waals surface area contributed by atoms with E-state index in [9.17, 15) is 4.79 Å². The van der Waals surface area contributed by atoms with E-state index in [1.54, 1.807) is 0 Å². The molecule has 0 bridgehead atoms. The van der Waals surface area contributed by atoms with Crippen molar-refractivity contribution in [2.45, 2.75) is 39.5 Å². The number of carboxylic acid groups (broad SMARTS) is 1. The van der Waals surface area contributed by atoms with Gasteiger partial charge in [0.1, 0.15) is 0 Å². The van der Waals surface area contributed by atoms with Crippen LogP contribution in [0.25, 0.3) is 0 Å². The zero-order valence-electron chi connectivity index (χ0n) is 8.26. The molecule has 1 spiro atoms. The van der Waals surface area contributed by atoms with Gasteiger partial charge in [0, 0.05) is 0 Å². The fourth-order valence-electron chi connectivity index (χ4n) is 3.77. The predicted molar refractivity (Wildman–Crippen MR) is 48.2 cm³/mol. The van der Waals surface area contributed by atoms with Crippen molar-refractivity contribution < 1.29 is 9.90 Å². The van der Waals surface area contributed by atoms with Gasteiger partial charge >= 0.3 is 5.97 Å². The van der Waals surface area contributed by atoms with E-state index < -0.39 is 5.97 Å². The number of carbonyl (C=O) groups is 1. The van der Waals surface area contributed by atoms with Gasteiger partial charge in [0.25, 0.3) is 0 Å². The second-order valence-electron chi connectivity index (χ2n) is 5.76. The van der Waals surface area contributed by atoms with Crippen LogP contribution in [0.1, 0.15) is 39.5 Å². The fraction of sp³-hybridized carbons (Fsp3) is 0.909. The average Bonchev–Trinajstić information content (AvgIpc) is 2.78. The molecule has 3 rings (SSSR count). The molecule has 0 aliphatic heterocycles. The summed E-state index contributed by atoms with van der Waals surface area (Å²) in [6, 6.07) is 0. The molecule has 0 saturated heterocycles. The number of carboxylic acids is 1. The Morgan fingerprint density at radius 1 is 1.31 bits per heavy atom. The molecular formula is C11H16O2. The van der Waals surface area contributed by atoms with E-state index in [0.717, 1.165) is 12.3 Å². The van der Waals surface area contributed by atoms with Crippen LogP contribution in [-0.2, 0) is 4.79 Å². The lowest BCUT2D eigenvalue weighted by molar-refractivity contribution is -0.143. The largest absolute Gasteiger partial charge is 0.481 e. The Morgan fingerprint density at radius 3 is 2.31 bits per heavy atom. The van der Waals surface area contributed by atoms with Gasteiger partial charge in [0.15, 0.2) is 0 Å². The molecule has 2 nitrogen and oxygen atoms in total. The molecule has 0 aromatic carbocycles. The Morgan fingerprint density at radius 2 is 1.92 bits per heavy atom. The zero-order valence-corrected chi connectivity index (χ0v) is 8.26. The first-order valence-corrected chi connectivity index (χ1v) is 5.20. The van der Waals surface area contributed by atoms with Crippen LogP contribution >= 0.6 is 0 Å². The molecule has 3 aliphatic rings. The summed E-state index contributed by atoms with van der Waals surface area (Å²) in [6.07, 6.45) is 4.79. The Hall–Kier alpha value is -0.530. The minimum absolute atomic E-state index is 0.215. The summed E-state index contributed by atoms with van der Waals surface area (Å²) < 4.78 is 0. The fourth-order valence-corrected chi connectivity index (χ4v) is 3.77. The summed E-state index contributed by atoms with van der Waals surface area (Å²) in [6.45, 7) is 4.24. The molecule has 3 fully saturated rings. The highest BCUT2D eigenvalue weighted by Gasteiger charge is 2.88. The lowest BCUT2D eigenvalue weighted by Crippen LogP contribution is -2.16. The van der Waals surface area contributed by atoms with Crippen molar-refractivity contribution in [3.8, 4) is 0 Å². The van der Waals surface area contributed by atoms with Crippen molar-refractivity contribution in [1.82, 2.24) is 0 Å². The van der Waals surface area contributed by atoms with E-state index in [0.29, 0.717) is 5.41 Å². The summed E-state index contributed by atoms with van der Waals surface area (Å²) in [5, 5.41) is 9.12. The minimum atomic E-state index is -0.572. The summed E-state index contributed by atoms with van der Waals surface area (Å²) in [5.41, 5.74) is 0.247. The maximum Gasteiger partial charge on any atom is 0.309 e. The number of rotatable bonds is 2. The number of hydrogen-bond acceptors (Lipinski definition) is 1. The van der Waals surface area contributed by atoms with Crippen molar-refractivity contribution in [1.29, 1.82) is 0 Å². The van der Waals surface area contributed by atoms with Crippen LogP contribution in [0.2, 0.25) is 0 Å². The van der Waals surface area contributed by atoms with Gasteiger partial charge < -0.3 is 5.11 Å². The van der Waals surface area contributed by atoms with E-state index in [2.05, 4.69) is 6.92 Å². The van der Waals surface area contributed by atoms with Crippen LogP contribution in [0, 0.1) is 22.2 Å². The molecule has 0 heterocycles. The first kappa shape index (κ1) is 7.84. The number of aliphatic carboxylic acids is 1. The van der Waals surface area contributed by atoms with Crippen LogP contribution in [-0.4, -0.2) is 11.1 Å². The molecule has 0 radical (unpaired) electrons. The molecule has 13 heavy (non-hydrogen) atoms. The standard InChI is InChI=1S/C11H16O2/c1-9(7-3-4-7)5-11(9)6-10(11,2)8(12)13/h7H,3-6H2,1-2H3,(H,12,13)/t9-,10+,11+/m1/s1. The van der Waals surface area contributed by atoms with Crippen molar-refractivity contribution in [2.75, 3.05) is 0 Å². The van der Waals surface area contributed by atoms with Gasteiger partial charge in [-0.2, -0.15) is 0 Å². The molecule has 72 valence electrons. The van der Waals surface area contributed by atoms with Crippen molar-refractivity contribution in [3.63, 3.8) is 0 Å². The average molecular weight is 180 g/mol. The Bertz CT molecular complexity index is 307. The molecule has 0 aromatic rings. The minimum Gasteiger partial charge on any atom is -0.481 e. The van der Waals surface area contributed by atoms with E-state index in [1.807, 2.05) is 6.92 Å². The summed E-state index contributed by atoms with van der Waals surface area (Å²) in [5.74, 6) is 0.283. The summed E-state index contributed by atoms with van der Waals surface area (Å²) in [4.78, 5) is 11.1. The highest BCUT2D eigenvalue weighted by atomic mass is 16.4. The van der Waals surface area contributed by atoms with Crippen LogP contribution in [0.5, 0.6) is 0 Å². The lowest BCUT2D eigenvalue weighted by Gasteiger charge is -2.11. The smallest absolute Gasteiger partial charge is 0.309 e. The van der Waals surface area contributed by atoms with Gasteiger partial charge in [-0.05, 0) is 49.4 Å². The Labute approximate surface area is 78.3 Å². The van der Waals surface area contributed by atoms with E-state index >= 15 is 0 Å². The molecule has 0 unspecified atom stereocenters. The second kappa shape index (κ2) is 1.67. The highest BCUT2D eigenvalue weighted by Crippen LogP contribution is 2.91. The van der Waals surface area contributed by atoms with Gasteiger partial charge in [0.05, 0.1) is 5.41 Å². The molecule has 1 N–H and O–H groups in total. The van der Waals surface area contributed by atoms with Crippen LogP contribution in [0.15, 0.2) is 0 Å². The van der Waals surface area contributed by atoms with Gasteiger partial charge in [0.2, 0.25) is 0 Å². The van der Waals surface area contributed by atoms with E-state index in [4.69, 9.17) is 5.11 Å². The Balaban J connectivity index is 1.87. The summed E-state index contributed by atoms with van der Waals surface area (Å²) >= 11 is 0. The molecule has 3 atom stereocenters. The molecular weight excluding hydrogens is 164 g/mol. The van der Waals surface area contributed by atoms with Crippen LogP contribution < -0.4 is 0 Å². The Kier molecular flexibility index (Phi) is 1.00. The van der Waals surface area contributed by atoms with Crippen LogP contribution in [0.4, 0.5) is 0 Å². The van der Waals surface area contributed by atoms with Gasteiger partial charge in [-0.3, -0.25) is 4.79 Å². The highest BCUT2D eigenvalue weighted by molar-refractivity contribution is 5.81. The lowest BCUT2D eigenvalue weighted by atomic mass is 9.93. The normalized spacial score (nSPS) is 58.0. The van der Waals surface area contributed by atoms with Gasteiger partial charge in [-0.25, -0.2) is 0 Å². The third-order valence-corrected chi connectivity index (χ3v) is 5.17. The molecule has 0 amide bonds. The molecule has 2 heteroatoms. The SMILES string of the molecule is C[C@@]1(C(=O)O)C[C@]12C[C@]2(C)C1CC1. The third-order valence-electron chi connectivity index (χ3n) is 5.17. The molecule has 0 aromatic heterocycles. The maximum absolute atomic E-state index is 11.1. The molecule has 3 saturated carbocycles. The van der Waals surface area contributed by atoms with Gasteiger partial charge in [-0.15, -0.1) is 0 Å². The van der Waals surface area contributed by atoms with E-state index in [-0.39, 0.29) is 10.8 Å². The maximum atomic E-state index is 11.1. The first-order valence-electron chi connectivity index (χ1n) is 5.20. The van der Waals surface area contributed by atoms with Crippen molar-refractivity contribution in [3.05, 3.63) is 0 Å². The first-order chi connectivity index (χ1) is 5.96. The third kappa shape index (κ3) is 0.628. The quantitative estimate of drug-likeness (QED) is 0.708. The predicted octanol–water partition coefficient (Wildman–Crippen LogP) is 2.29. The zero-order chi connectivity index (χ0) is 9.48. The van der Waals surface area contributed by atoms with Crippen molar-refractivity contribution >= 4 is 5.97 Å². The monoisotopic (exact) mass is 180 g/mol. The van der Waals surface area contributed by atoms with Gasteiger partial charge in [-0.1, -0.05) is 6.92 Å². The second-order valence-corrected chi connectivity index (χ2v) is 5.76. The van der Waals surface area contributed by atoms with Crippen LogP contribution in [0.3, 0.4) is 0 Å². The summed E-state index contributed by atoms with van der Waals surface area (Å²) in [7, 11) is 0. The van der Waals surface area contributed by atoms with Crippen molar-refractivity contribution in [2.24, 2.45) is 22.2 Å². The number of hydrogen-bond donors (Lipinski definition) is 1. The topological polar surface area (TPSA) is 37.3 Å².